The lowest BCUT2D eigenvalue weighted by Crippen LogP contribution is -2.11. The van der Waals surface area contributed by atoms with Gasteiger partial charge < -0.3 is 9.47 Å². The van der Waals surface area contributed by atoms with E-state index in [2.05, 4.69) is 14.5 Å². The molecule has 1 aromatic rings. The van der Waals surface area contributed by atoms with Gasteiger partial charge in [0, 0.05) is 0 Å². The Morgan fingerprint density at radius 1 is 1.00 bits per heavy atom. The third kappa shape index (κ3) is 5.33. The van der Waals surface area contributed by atoms with E-state index in [1.807, 2.05) is 0 Å². The molecule has 0 fully saturated rings. The number of rotatable bonds is 6. The van der Waals surface area contributed by atoms with Gasteiger partial charge in [0.1, 0.15) is 0 Å². The van der Waals surface area contributed by atoms with E-state index in [-0.39, 0.29) is 25.0 Å². The molecule has 0 bridgehead atoms. The fraction of sp³-hybridized carbons (Fsp3) is 0.364. The largest absolute Gasteiger partial charge is 0.449 e. The lowest BCUT2D eigenvalue weighted by Gasteiger charge is -2.04. The third-order valence-corrected chi connectivity index (χ3v) is 2.16. The zero-order chi connectivity index (χ0) is 13.4. The van der Waals surface area contributed by atoms with Gasteiger partial charge >= 0.3 is 11.9 Å². The molecule has 0 atom stereocenters. The Morgan fingerprint density at radius 2 is 1.44 bits per heavy atom. The zero-order valence-electron chi connectivity index (χ0n) is 9.40. The summed E-state index contributed by atoms with van der Waals surface area (Å²) >= 11 is 10.5. The molecule has 0 aliphatic heterocycles. The van der Waals surface area contributed by atoms with Gasteiger partial charge in [-0.15, -0.1) is 0 Å². The molecule has 0 aromatic carbocycles. The van der Waals surface area contributed by atoms with Crippen LogP contribution in [0.3, 0.4) is 0 Å². The lowest BCUT2D eigenvalue weighted by molar-refractivity contribution is -0.141. The smallest absolute Gasteiger partial charge is 0.313 e. The predicted molar refractivity (Wildman–Crippen MR) is 65.3 cm³/mol. The molecule has 98 valence electrons. The van der Waals surface area contributed by atoms with Gasteiger partial charge in [0.05, 0.1) is 24.2 Å². The van der Waals surface area contributed by atoms with Crippen molar-refractivity contribution in [2.24, 2.45) is 0 Å². The van der Waals surface area contributed by atoms with Gasteiger partial charge in [-0.1, -0.05) is 29.3 Å². The molecule has 0 aliphatic rings. The molecule has 0 amide bonds. The zero-order valence-corrected chi connectivity index (χ0v) is 10.9. The minimum absolute atomic E-state index is 0.00507. The van der Waals surface area contributed by atoms with Crippen LogP contribution in [-0.2, 0) is 31.9 Å². The number of carbonyl (C=O) groups excluding carboxylic acids is 2. The van der Waals surface area contributed by atoms with Crippen molar-refractivity contribution < 1.29 is 19.1 Å². The number of esters is 2. The number of ether oxygens (including phenoxy) is 2. The summed E-state index contributed by atoms with van der Waals surface area (Å²) < 4.78 is 9.17. The number of nitrogens with zero attached hydrogens (tertiary/aromatic N) is 1. The Kier molecular flexibility index (Phi) is 6.46. The summed E-state index contributed by atoms with van der Waals surface area (Å²) in [6, 6.07) is 4.62. The molecule has 0 unspecified atom stereocenters. The average Bonchev–Trinajstić information content (AvgIpc) is 2.29. The maximum Gasteiger partial charge on any atom is 0.313 e. The van der Waals surface area contributed by atoms with Crippen molar-refractivity contribution in [1.29, 1.82) is 0 Å². The van der Waals surface area contributed by atoms with Gasteiger partial charge in [-0.25, -0.2) is 0 Å². The van der Waals surface area contributed by atoms with E-state index in [4.69, 9.17) is 23.2 Å². The molecule has 0 aliphatic carbocycles. The Balaban J connectivity index is 2.61. The topological polar surface area (TPSA) is 65.5 Å². The Hall–Kier alpha value is -1.33. The summed E-state index contributed by atoms with van der Waals surface area (Å²) in [5.74, 6) is -0.948. The molecule has 1 rings (SSSR count). The fourth-order valence-corrected chi connectivity index (χ4v) is 1.49. The first-order valence-corrected chi connectivity index (χ1v) is 6.10. The van der Waals surface area contributed by atoms with Gasteiger partial charge in [-0.05, 0) is 12.1 Å². The predicted octanol–water partition coefficient (Wildman–Crippen LogP) is 1.65. The van der Waals surface area contributed by atoms with Gasteiger partial charge in [-0.3, -0.25) is 14.6 Å². The Bertz CT molecular complexity index is 390. The van der Waals surface area contributed by atoms with Crippen molar-refractivity contribution in [2.75, 3.05) is 12.1 Å². The molecule has 0 spiro atoms. The highest BCUT2D eigenvalue weighted by molar-refractivity contribution is 6.17. The van der Waals surface area contributed by atoms with Crippen LogP contribution in [0.25, 0.3) is 0 Å². The summed E-state index contributed by atoms with van der Waals surface area (Å²) in [4.78, 5) is 26.5. The molecular weight excluding hydrogens is 281 g/mol. The van der Waals surface area contributed by atoms with E-state index in [9.17, 15) is 9.59 Å². The Labute approximate surface area is 114 Å². The van der Waals surface area contributed by atoms with Gasteiger partial charge in [0.2, 0.25) is 0 Å². The summed E-state index contributed by atoms with van der Waals surface area (Å²) in [6.45, 7) is 0. The average molecular weight is 292 g/mol. The highest BCUT2D eigenvalue weighted by Gasteiger charge is 2.09. The van der Waals surface area contributed by atoms with Crippen LogP contribution in [0.4, 0.5) is 0 Å². The van der Waals surface area contributed by atoms with E-state index in [0.717, 1.165) is 0 Å². The third-order valence-electron chi connectivity index (χ3n) is 1.95. The molecule has 7 heteroatoms. The second-order valence-electron chi connectivity index (χ2n) is 3.22. The lowest BCUT2D eigenvalue weighted by atomic mass is 10.2. The second-order valence-corrected chi connectivity index (χ2v) is 3.66. The number of aromatic nitrogens is 1. The van der Waals surface area contributed by atoms with Crippen molar-refractivity contribution in [3.05, 3.63) is 29.6 Å². The van der Waals surface area contributed by atoms with E-state index in [1.165, 1.54) is 0 Å². The van der Waals surface area contributed by atoms with Crippen molar-refractivity contribution in [3.8, 4) is 0 Å². The highest BCUT2D eigenvalue weighted by atomic mass is 35.5. The summed E-state index contributed by atoms with van der Waals surface area (Å²) in [6.07, 6.45) is 0.0101. The van der Waals surface area contributed by atoms with Crippen LogP contribution >= 0.6 is 23.2 Å². The molecule has 0 N–H and O–H groups in total. The van der Waals surface area contributed by atoms with E-state index in [1.54, 1.807) is 18.2 Å². The summed E-state index contributed by atoms with van der Waals surface area (Å²) in [7, 11) is 0. The number of hydrogen-bond acceptors (Lipinski definition) is 5. The number of carbonyl (C=O) groups is 2. The maximum atomic E-state index is 11.2. The van der Waals surface area contributed by atoms with Crippen LogP contribution in [0.2, 0.25) is 0 Å². The summed E-state index contributed by atoms with van der Waals surface area (Å²) in [5, 5.41) is 0. The van der Waals surface area contributed by atoms with Gasteiger partial charge in [-0.2, -0.15) is 0 Å². The van der Waals surface area contributed by atoms with Crippen LogP contribution in [0, 0.1) is 0 Å². The van der Waals surface area contributed by atoms with Crippen LogP contribution in [0.1, 0.15) is 11.4 Å². The fourth-order valence-electron chi connectivity index (χ4n) is 1.25. The first kappa shape index (κ1) is 14.7. The van der Waals surface area contributed by atoms with E-state index < -0.39 is 11.9 Å². The SMILES string of the molecule is O=C(Cc1cccc(CC(=O)OCCl)n1)OCCl. The maximum absolute atomic E-state index is 11.2. The minimum Gasteiger partial charge on any atom is -0.449 e. The molecule has 18 heavy (non-hydrogen) atoms. The van der Waals surface area contributed by atoms with Crippen LogP contribution < -0.4 is 0 Å². The van der Waals surface area contributed by atoms with Gasteiger partial charge in [0.25, 0.3) is 0 Å². The second kappa shape index (κ2) is 7.89. The first-order valence-electron chi connectivity index (χ1n) is 5.03. The molecule has 5 nitrogen and oxygen atoms in total. The molecule has 0 saturated heterocycles. The number of halogens is 2. The van der Waals surface area contributed by atoms with Crippen molar-refractivity contribution in [3.63, 3.8) is 0 Å². The molecular formula is C11H11Cl2NO4. The monoisotopic (exact) mass is 291 g/mol. The van der Waals surface area contributed by atoms with Crippen LogP contribution in [0.5, 0.6) is 0 Å². The number of alkyl halides is 2. The molecule has 1 heterocycles. The molecule has 0 saturated carbocycles. The molecule has 1 aromatic heterocycles. The standard InChI is InChI=1S/C11H11Cl2NO4/c12-6-17-10(15)4-8-2-1-3-9(14-8)5-11(16)18-7-13/h1-3H,4-7H2. The number of hydrogen-bond donors (Lipinski definition) is 0. The molecule has 0 radical (unpaired) electrons. The van der Waals surface area contributed by atoms with E-state index in [0.29, 0.717) is 11.4 Å². The minimum atomic E-state index is -0.474. The van der Waals surface area contributed by atoms with E-state index >= 15 is 0 Å². The Morgan fingerprint density at radius 3 is 1.83 bits per heavy atom. The number of pyridine rings is 1. The summed E-state index contributed by atoms with van der Waals surface area (Å²) in [5.41, 5.74) is 1.00. The van der Waals surface area contributed by atoms with Crippen LogP contribution in [-0.4, -0.2) is 29.1 Å². The van der Waals surface area contributed by atoms with Gasteiger partial charge in [0.15, 0.2) is 12.1 Å². The normalized spacial score (nSPS) is 9.89. The van der Waals surface area contributed by atoms with Crippen molar-refractivity contribution in [1.82, 2.24) is 4.98 Å². The van der Waals surface area contributed by atoms with Crippen LogP contribution in [0.15, 0.2) is 18.2 Å². The first-order chi connectivity index (χ1) is 8.65. The quantitative estimate of drug-likeness (QED) is 0.589. The van der Waals surface area contributed by atoms with Crippen molar-refractivity contribution in [2.45, 2.75) is 12.8 Å². The van der Waals surface area contributed by atoms with Crippen molar-refractivity contribution >= 4 is 35.1 Å². The highest BCUT2D eigenvalue weighted by Crippen LogP contribution is 2.04.